The van der Waals surface area contributed by atoms with E-state index in [2.05, 4.69) is 29.1 Å². The van der Waals surface area contributed by atoms with Gasteiger partial charge >= 0.3 is 0 Å². The van der Waals surface area contributed by atoms with E-state index in [1.54, 1.807) is 0 Å². The zero-order chi connectivity index (χ0) is 14.3. The van der Waals surface area contributed by atoms with Gasteiger partial charge in [0.15, 0.2) is 0 Å². The van der Waals surface area contributed by atoms with Crippen LogP contribution in [0.5, 0.6) is 0 Å². The van der Waals surface area contributed by atoms with E-state index < -0.39 is 0 Å². The molecule has 0 aromatic heterocycles. The van der Waals surface area contributed by atoms with E-state index in [0.29, 0.717) is 5.41 Å². The minimum Gasteiger partial charge on any atom is -0.381 e. The van der Waals surface area contributed by atoms with Crippen LogP contribution >= 0.6 is 0 Å². The summed E-state index contributed by atoms with van der Waals surface area (Å²) in [6.45, 7) is 12.5. The Morgan fingerprint density at radius 3 is 2.55 bits per heavy atom. The highest BCUT2D eigenvalue weighted by Gasteiger charge is 2.33. The van der Waals surface area contributed by atoms with Gasteiger partial charge in [0, 0.05) is 39.4 Å². The Morgan fingerprint density at radius 1 is 1.20 bits per heavy atom. The highest BCUT2D eigenvalue weighted by molar-refractivity contribution is 4.86. The third-order valence-corrected chi connectivity index (χ3v) is 4.91. The molecule has 0 bridgehead atoms. The van der Waals surface area contributed by atoms with Crippen molar-refractivity contribution in [2.75, 3.05) is 66.1 Å². The van der Waals surface area contributed by atoms with Gasteiger partial charge in [0.05, 0.1) is 0 Å². The Hall–Kier alpha value is -0.160. The quantitative estimate of drug-likeness (QED) is 0.729. The molecule has 0 aromatic rings. The molecule has 2 heterocycles. The molecule has 2 fully saturated rings. The second-order valence-electron chi connectivity index (χ2n) is 6.68. The Bertz CT molecular complexity index is 260. The van der Waals surface area contributed by atoms with Crippen LogP contribution in [0.15, 0.2) is 0 Å². The Kier molecular flexibility index (Phi) is 6.75. The van der Waals surface area contributed by atoms with E-state index in [1.807, 2.05) is 0 Å². The number of nitrogens with one attached hydrogen (secondary N) is 1. The smallest absolute Gasteiger partial charge is 0.0472 e. The summed E-state index contributed by atoms with van der Waals surface area (Å²) in [5, 5.41) is 3.57. The van der Waals surface area contributed by atoms with E-state index in [9.17, 15) is 0 Å². The fraction of sp³-hybridized carbons (Fsp3) is 1.00. The van der Waals surface area contributed by atoms with Crippen molar-refractivity contribution in [2.24, 2.45) is 5.41 Å². The molecule has 0 saturated carbocycles. The maximum atomic E-state index is 5.57. The van der Waals surface area contributed by atoms with Gasteiger partial charge in [-0.3, -0.25) is 0 Å². The second kappa shape index (κ2) is 8.32. The van der Waals surface area contributed by atoms with Crippen molar-refractivity contribution < 1.29 is 4.74 Å². The summed E-state index contributed by atoms with van der Waals surface area (Å²) < 4.78 is 5.57. The fourth-order valence-corrected chi connectivity index (χ4v) is 3.56. The Balaban J connectivity index is 1.76. The monoisotopic (exact) mass is 283 g/mol. The van der Waals surface area contributed by atoms with E-state index in [1.165, 1.54) is 58.4 Å². The highest BCUT2D eigenvalue weighted by atomic mass is 16.5. The van der Waals surface area contributed by atoms with Gasteiger partial charge in [-0.15, -0.1) is 0 Å². The SMILES string of the molecule is CCNCC1(CN(C)CCN2CCCC2)CCOCC1. The summed E-state index contributed by atoms with van der Waals surface area (Å²) in [5.74, 6) is 0. The lowest BCUT2D eigenvalue weighted by atomic mass is 9.79. The van der Waals surface area contributed by atoms with Crippen LogP contribution in [0.4, 0.5) is 0 Å². The number of hydrogen-bond acceptors (Lipinski definition) is 4. The van der Waals surface area contributed by atoms with Gasteiger partial charge in [0.1, 0.15) is 0 Å². The number of hydrogen-bond donors (Lipinski definition) is 1. The van der Waals surface area contributed by atoms with Crippen LogP contribution in [0.3, 0.4) is 0 Å². The van der Waals surface area contributed by atoms with Crippen molar-refractivity contribution in [3.8, 4) is 0 Å². The van der Waals surface area contributed by atoms with Crippen molar-refractivity contribution >= 4 is 0 Å². The minimum atomic E-state index is 0.425. The van der Waals surface area contributed by atoms with E-state index in [4.69, 9.17) is 4.74 Å². The van der Waals surface area contributed by atoms with E-state index in [-0.39, 0.29) is 0 Å². The van der Waals surface area contributed by atoms with Crippen LogP contribution in [-0.4, -0.2) is 75.9 Å². The third-order valence-electron chi connectivity index (χ3n) is 4.91. The summed E-state index contributed by atoms with van der Waals surface area (Å²) in [5.41, 5.74) is 0.425. The standard InChI is InChI=1S/C16H33N3O/c1-3-17-14-16(6-12-20-13-7-16)15-18(2)10-11-19-8-4-5-9-19/h17H,3-15H2,1-2H3. The van der Waals surface area contributed by atoms with Crippen molar-refractivity contribution in [1.29, 1.82) is 0 Å². The van der Waals surface area contributed by atoms with Crippen LogP contribution in [-0.2, 0) is 4.74 Å². The number of likely N-dealkylation sites (N-methyl/N-ethyl adjacent to an activating group) is 1. The lowest BCUT2D eigenvalue weighted by Crippen LogP contribution is -2.47. The predicted octanol–water partition coefficient (Wildman–Crippen LogP) is 1.42. The van der Waals surface area contributed by atoms with Crippen LogP contribution in [0.1, 0.15) is 32.6 Å². The van der Waals surface area contributed by atoms with Gasteiger partial charge in [0.2, 0.25) is 0 Å². The second-order valence-corrected chi connectivity index (χ2v) is 6.68. The summed E-state index contributed by atoms with van der Waals surface area (Å²) >= 11 is 0. The van der Waals surface area contributed by atoms with Crippen LogP contribution < -0.4 is 5.32 Å². The largest absolute Gasteiger partial charge is 0.381 e. The fourth-order valence-electron chi connectivity index (χ4n) is 3.56. The molecule has 4 nitrogen and oxygen atoms in total. The molecule has 0 spiro atoms. The third kappa shape index (κ3) is 4.99. The van der Waals surface area contributed by atoms with Crippen molar-refractivity contribution in [1.82, 2.24) is 15.1 Å². The molecule has 20 heavy (non-hydrogen) atoms. The first kappa shape index (κ1) is 16.2. The molecule has 2 aliphatic heterocycles. The lowest BCUT2D eigenvalue weighted by molar-refractivity contribution is -0.00110. The topological polar surface area (TPSA) is 27.7 Å². The molecule has 1 N–H and O–H groups in total. The lowest BCUT2D eigenvalue weighted by Gasteiger charge is -2.40. The van der Waals surface area contributed by atoms with Crippen molar-refractivity contribution in [3.63, 3.8) is 0 Å². The van der Waals surface area contributed by atoms with Crippen LogP contribution in [0, 0.1) is 5.41 Å². The van der Waals surface area contributed by atoms with Gasteiger partial charge < -0.3 is 19.9 Å². The first-order valence-electron chi connectivity index (χ1n) is 8.43. The molecule has 0 aliphatic carbocycles. The molecule has 2 saturated heterocycles. The van der Waals surface area contributed by atoms with Crippen LogP contribution in [0.2, 0.25) is 0 Å². The minimum absolute atomic E-state index is 0.425. The molecule has 0 atom stereocenters. The Morgan fingerprint density at radius 2 is 1.90 bits per heavy atom. The summed E-state index contributed by atoms with van der Waals surface area (Å²) in [4.78, 5) is 5.15. The number of likely N-dealkylation sites (tertiary alicyclic amines) is 1. The number of rotatable bonds is 8. The highest BCUT2D eigenvalue weighted by Crippen LogP contribution is 2.30. The van der Waals surface area contributed by atoms with Gasteiger partial charge in [-0.25, -0.2) is 0 Å². The van der Waals surface area contributed by atoms with Gasteiger partial charge in [-0.05, 0) is 57.8 Å². The molecule has 0 amide bonds. The predicted molar refractivity (Wildman–Crippen MR) is 84.2 cm³/mol. The molecule has 4 heteroatoms. The van der Waals surface area contributed by atoms with Gasteiger partial charge in [-0.2, -0.15) is 0 Å². The molecule has 0 radical (unpaired) electrons. The zero-order valence-electron chi connectivity index (χ0n) is 13.5. The maximum Gasteiger partial charge on any atom is 0.0472 e. The average Bonchev–Trinajstić information content (AvgIpc) is 2.97. The van der Waals surface area contributed by atoms with E-state index >= 15 is 0 Å². The molecule has 118 valence electrons. The zero-order valence-corrected chi connectivity index (χ0v) is 13.5. The van der Waals surface area contributed by atoms with Gasteiger partial charge in [-0.1, -0.05) is 6.92 Å². The average molecular weight is 283 g/mol. The van der Waals surface area contributed by atoms with Crippen molar-refractivity contribution in [2.45, 2.75) is 32.6 Å². The number of nitrogens with zero attached hydrogens (tertiary/aromatic N) is 2. The van der Waals surface area contributed by atoms with E-state index in [0.717, 1.165) is 26.3 Å². The molecule has 2 aliphatic rings. The Labute approximate surface area is 124 Å². The van der Waals surface area contributed by atoms with Crippen LogP contribution in [0.25, 0.3) is 0 Å². The first-order valence-corrected chi connectivity index (χ1v) is 8.43. The van der Waals surface area contributed by atoms with Crippen molar-refractivity contribution in [3.05, 3.63) is 0 Å². The molecule has 0 unspecified atom stereocenters. The van der Waals surface area contributed by atoms with Gasteiger partial charge in [0.25, 0.3) is 0 Å². The summed E-state index contributed by atoms with van der Waals surface area (Å²) in [6.07, 6.45) is 5.19. The summed E-state index contributed by atoms with van der Waals surface area (Å²) in [7, 11) is 2.29. The molecular weight excluding hydrogens is 250 g/mol. The summed E-state index contributed by atoms with van der Waals surface area (Å²) in [6, 6.07) is 0. The molecule has 2 rings (SSSR count). The first-order chi connectivity index (χ1) is 9.74. The maximum absolute atomic E-state index is 5.57. The number of ether oxygens (including phenoxy) is 1. The normalized spacial score (nSPS) is 23.6. The molecule has 0 aromatic carbocycles. The molecular formula is C16H33N3O.